The van der Waals surface area contributed by atoms with Crippen LogP contribution in [0.15, 0.2) is 24.4 Å². The molecule has 2 aromatic rings. The zero-order valence-corrected chi connectivity index (χ0v) is 12.1. The number of aromatic nitrogens is 1. The van der Waals surface area contributed by atoms with Crippen molar-refractivity contribution in [2.24, 2.45) is 5.92 Å². The molecule has 1 atom stereocenters. The molecule has 1 amide bonds. The van der Waals surface area contributed by atoms with E-state index in [2.05, 4.69) is 4.98 Å². The molecule has 2 N–H and O–H groups in total. The van der Waals surface area contributed by atoms with E-state index in [-0.39, 0.29) is 23.7 Å². The number of hydrogen-bond donors (Lipinski definition) is 2. The minimum Gasteiger partial charge on any atom is -0.481 e. The van der Waals surface area contributed by atoms with Crippen molar-refractivity contribution in [3.63, 3.8) is 0 Å². The van der Waals surface area contributed by atoms with Crippen molar-refractivity contribution in [3.05, 3.63) is 40.1 Å². The number of carbonyl (C=O) groups is 2. The molecule has 0 aliphatic heterocycles. The molecule has 0 aliphatic carbocycles. The lowest BCUT2D eigenvalue weighted by Crippen LogP contribution is -2.33. The molecule has 0 fully saturated rings. The van der Waals surface area contributed by atoms with Crippen LogP contribution in [0.1, 0.15) is 17.3 Å². The van der Waals surface area contributed by atoms with E-state index in [9.17, 15) is 19.7 Å². The van der Waals surface area contributed by atoms with Crippen molar-refractivity contribution in [2.45, 2.75) is 6.92 Å². The van der Waals surface area contributed by atoms with Crippen molar-refractivity contribution >= 4 is 28.5 Å². The minimum absolute atomic E-state index is 0.0514. The highest BCUT2D eigenvalue weighted by Gasteiger charge is 2.21. The van der Waals surface area contributed by atoms with E-state index in [4.69, 9.17) is 5.11 Å². The van der Waals surface area contributed by atoms with Gasteiger partial charge in [0.25, 0.3) is 11.6 Å². The highest BCUT2D eigenvalue weighted by Crippen LogP contribution is 2.24. The first-order valence-corrected chi connectivity index (χ1v) is 6.55. The predicted molar refractivity (Wildman–Crippen MR) is 78.7 cm³/mol. The number of carbonyl (C=O) groups excluding carboxylic acids is 1. The van der Waals surface area contributed by atoms with Crippen LogP contribution in [0.5, 0.6) is 0 Å². The maximum absolute atomic E-state index is 12.4. The summed E-state index contributed by atoms with van der Waals surface area (Å²) in [6, 6.07) is 4.21. The smallest absolute Gasteiger partial charge is 0.308 e. The zero-order chi connectivity index (χ0) is 16.4. The average molecular weight is 305 g/mol. The summed E-state index contributed by atoms with van der Waals surface area (Å²) in [7, 11) is 1.50. The third-order valence-electron chi connectivity index (χ3n) is 3.42. The Morgan fingerprint density at radius 1 is 1.45 bits per heavy atom. The number of aromatic amines is 1. The van der Waals surface area contributed by atoms with Gasteiger partial charge in [-0.05, 0) is 6.07 Å². The van der Waals surface area contributed by atoms with E-state index in [0.29, 0.717) is 10.9 Å². The highest BCUT2D eigenvalue weighted by molar-refractivity contribution is 6.07. The van der Waals surface area contributed by atoms with Crippen LogP contribution >= 0.6 is 0 Å². The minimum atomic E-state index is -0.991. The number of nitro groups is 1. The fraction of sp³-hybridized carbons (Fsp3) is 0.286. The van der Waals surface area contributed by atoms with E-state index in [1.54, 1.807) is 0 Å². The Hall–Kier alpha value is -2.90. The van der Waals surface area contributed by atoms with E-state index in [1.807, 2.05) is 0 Å². The molecule has 0 spiro atoms. The van der Waals surface area contributed by atoms with Crippen molar-refractivity contribution < 1.29 is 19.6 Å². The van der Waals surface area contributed by atoms with Crippen LogP contribution in [0.4, 0.5) is 5.69 Å². The summed E-state index contributed by atoms with van der Waals surface area (Å²) in [5.74, 6) is -2.08. The fourth-order valence-corrected chi connectivity index (χ4v) is 2.18. The maximum Gasteiger partial charge on any atom is 0.308 e. The molecule has 116 valence electrons. The number of H-pyrrole nitrogens is 1. The van der Waals surface area contributed by atoms with Crippen molar-refractivity contribution in [1.29, 1.82) is 0 Å². The van der Waals surface area contributed by atoms with Gasteiger partial charge in [-0.3, -0.25) is 19.7 Å². The zero-order valence-electron chi connectivity index (χ0n) is 12.1. The fourth-order valence-electron chi connectivity index (χ4n) is 2.18. The van der Waals surface area contributed by atoms with Gasteiger partial charge in [0.1, 0.15) is 0 Å². The van der Waals surface area contributed by atoms with Crippen LogP contribution in [0.2, 0.25) is 0 Å². The van der Waals surface area contributed by atoms with E-state index >= 15 is 0 Å². The Kier molecular flexibility index (Phi) is 4.11. The number of rotatable bonds is 5. The SMILES string of the molecule is CC(CN(C)C(=O)c1c[nH]c2ccc([N+](=O)[O-])cc12)C(=O)O. The molecule has 8 heteroatoms. The van der Waals surface area contributed by atoms with Crippen LogP contribution in [0.25, 0.3) is 10.9 Å². The summed E-state index contributed by atoms with van der Waals surface area (Å²) < 4.78 is 0. The molecular weight excluding hydrogens is 290 g/mol. The van der Waals surface area contributed by atoms with Gasteiger partial charge in [0.2, 0.25) is 0 Å². The van der Waals surface area contributed by atoms with Gasteiger partial charge in [0.05, 0.1) is 16.4 Å². The van der Waals surface area contributed by atoms with Gasteiger partial charge in [0, 0.05) is 42.8 Å². The third-order valence-corrected chi connectivity index (χ3v) is 3.42. The van der Waals surface area contributed by atoms with Crippen LogP contribution in [0.3, 0.4) is 0 Å². The number of non-ortho nitro benzene ring substituents is 1. The number of nitrogens with zero attached hydrogens (tertiary/aromatic N) is 2. The number of benzene rings is 1. The second-order valence-electron chi connectivity index (χ2n) is 5.11. The lowest BCUT2D eigenvalue weighted by molar-refractivity contribution is -0.384. The van der Waals surface area contributed by atoms with Crippen LogP contribution < -0.4 is 0 Å². The van der Waals surface area contributed by atoms with Gasteiger partial charge in [-0.1, -0.05) is 6.92 Å². The van der Waals surface area contributed by atoms with Gasteiger partial charge >= 0.3 is 5.97 Å². The number of carboxylic acid groups (broad SMARTS) is 1. The lowest BCUT2D eigenvalue weighted by atomic mass is 10.1. The summed E-state index contributed by atoms with van der Waals surface area (Å²) in [5.41, 5.74) is 0.773. The Labute approximate surface area is 125 Å². The summed E-state index contributed by atoms with van der Waals surface area (Å²) >= 11 is 0. The molecule has 1 heterocycles. The molecule has 0 saturated heterocycles. The summed E-state index contributed by atoms with van der Waals surface area (Å²) in [4.78, 5) is 37.7. The quantitative estimate of drug-likeness (QED) is 0.646. The Bertz CT molecular complexity index is 752. The van der Waals surface area contributed by atoms with Gasteiger partial charge in [-0.25, -0.2) is 0 Å². The first-order chi connectivity index (χ1) is 10.3. The number of fused-ring (bicyclic) bond motifs is 1. The summed E-state index contributed by atoms with van der Waals surface area (Å²) in [6.07, 6.45) is 1.47. The van der Waals surface area contributed by atoms with Crippen LogP contribution in [-0.4, -0.2) is 45.4 Å². The van der Waals surface area contributed by atoms with Crippen LogP contribution in [0, 0.1) is 16.0 Å². The average Bonchev–Trinajstić information content (AvgIpc) is 2.88. The molecule has 1 unspecified atom stereocenters. The van der Waals surface area contributed by atoms with Crippen molar-refractivity contribution in [3.8, 4) is 0 Å². The molecule has 0 aliphatic rings. The number of hydrogen-bond acceptors (Lipinski definition) is 4. The maximum atomic E-state index is 12.4. The predicted octanol–water partition coefficient (Wildman–Crippen LogP) is 1.87. The Balaban J connectivity index is 2.33. The van der Waals surface area contributed by atoms with Gasteiger partial charge in [-0.15, -0.1) is 0 Å². The largest absolute Gasteiger partial charge is 0.481 e. The highest BCUT2D eigenvalue weighted by atomic mass is 16.6. The second kappa shape index (κ2) is 5.84. The van der Waals surface area contributed by atoms with Gasteiger partial charge < -0.3 is 15.0 Å². The molecular formula is C14H15N3O5. The van der Waals surface area contributed by atoms with E-state index in [1.165, 1.54) is 43.3 Å². The monoisotopic (exact) mass is 305 g/mol. The Morgan fingerprint density at radius 3 is 2.73 bits per heavy atom. The number of amides is 1. The second-order valence-corrected chi connectivity index (χ2v) is 5.11. The number of carboxylic acids is 1. The molecule has 0 radical (unpaired) electrons. The molecule has 2 rings (SSSR count). The molecule has 22 heavy (non-hydrogen) atoms. The normalized spacial score (nSPS) is 12.1. The first kappa shape index (κ1) is 15.5. The van der Waals surface area contributed by atoms with E-state index in [0.717, 1.165) is 0 Å². The topological polar surface area (TPSA) is 117 Å². The first-order valence-electron chi connectivity index (χ1n) is 6.55. The number of nitro benzene ring substituents is 1. The molecule has 1 aromatic heterocycles. The van der Waals surface area contributed by atoms with Crippen molar-refractivity contribution in [2.75, 3.05) is 13.6 Å². The third kappa shape index (κ3) is 2.90. The molecule has 8 nitrogen and oxygen atoms in total. The molecule has 0 bridgehead atoms. The number of aliphatic carboxylic acids is 1. The van der Waals surface area contributed by atoms with Crippen molar-refractivity contribution in [1.82, 2.24) is 9.88 Å². The lowest BCUT2D eigenvalue weighted by Gasteiger charge is -2.19. The van der Waals surface area contributed by atoms with Gasteiger partial charge in [-0.2, -0.15) is 0 Å². The standard InChI is InChI=1S/C14H15N3O5/c1-8(14(19)20)7-16(2)13(18)11-6-15-12-4-3-9(17(21)22)5-10(11)12/h3-6,8,15H,7H2,1-2H3,(H,19,20). The van der Waals surface area contributed by atoms with Crippen LogP contribution in [-0.2, 0) is 4.79 Å². The summed E-state index contributed by atoms with van der Waals surface area (Å²) in [6.45, 7) is 1.56. The Morgan fingerprint density at radius 2 is 2.14 bits per heavy atom. The van der Waals surface area contributed by atoms with Gasteiger partial charge in [0.15, 0.2) is 0 Å². The summed E-state index contributed by atoms with van der Waals surface area (Å²) in [5, 5.41) is 20.2. The van der Waals surface area contributed by atoms with E-state index < -0.39 is 16.8 Å². The molecule has 1 aromatic carbocycles. The number of nitrogens with one attached hydrogen (secondary N) is 1. The molecule has 0 saturated carbocycles.